The first-order chi connectivity index (χ1) is 44.5. The highest BCUT2D eigenvalue weighted by molar-refractivity contribution is 5.76. The van der Waals surface area contributed by atoms with Crippen LogP contribution in [-0.2, 0) is 14.3 Å². The summed E-state index contributed by atoms with van der Waals surface area (Å²) >= 11 is 0. The van der Waals surface area contributed by atoms with Gasteiger partial charge in [-0.25, -0.2) is 0 Å². The molecule has 0 bridgehead atoms. The Morgan fingerprint density at radius 2 is 0.456 bits per heavy atom. The molecule has 2 unspecified atom stereocenters. The monoisotopic (exact) mass is 1270 g/mol. The zero-order valence-electron chi connectivity index (χ0n) is 61.9. The molecule has 538 valence electrons. The molecule has 0 aromatic rings. The minimum atomic E-state index is -0.659. The number of aliphatic hydroxyl groups is 2. The molecule has 0 radical (unpaired) electrons. The van der Waals surface area contributed by atoms with E-state index in [0.717, 1.165) is 38.5 Å². The molecular formula is C84H167NO5. The molecule has 6 heteroatoms. The number of amides is 1. The molecule has 0 aromatic heterocycles. The van der Waals surface area contributed by atoms with Gasteiger partial charge in [-0.2, -0.15) is 0 Å². The van der Waals surface area contributed by atoms with Crippen molar-refractivity contribution in [3.8, 4) is 0 Å². The molecule has 0 aromatic carbocycles. The quantitative estimate of drug-likeness (QED) is 0.0417. The third kappa shape index (κ3) is 75.9. The van der Waals surface area contributed by atoms with Crippen LogP contribution < -0.4 is 5.32 Å². The number of esters is 1. The number of hydrogen-bond donors (Lipinski definition) is 3. The average molecular weight is 1270 g/mol. The molecule has 0 heterocycles. The second-order valence-electron chi connectivity index (χ2n) is 29.5. The molecule has 0 aliphatic heterocycles. The summed E-state index contributed by atoms with van der Waals surface area (Å²) in [7, 11) is 0. The Balaban J connectivity index is 3.26. The largest absolute Gasteiger partial charge is 0.466 e. The van der Waals surface area contributed by atoms with Crippen LogP contribution in [0.25, 0.3) is 0 Å². The number of hydrogen-bond acceptors (Lipinski definition) is 5. The second-order valence-corrected chi connectivity index (χ2v) is 29.5. The van der Waals surface area contributed by atoms with Crippen LogP contribution in [0.2, 0.25) is 0 Å². The normalized spacial score (nSPS) is 12.4. The third-order valence-electron chi connectivity index (χ3n) is 20.4. The van der Waals surface area contributed by atoms with Crippen molar-refractivity contribution in [1.82, 2.24) is 5.32 Å². The summed E-state index contributed by atoms with van der Waals surface area (Å²) < 4.78 is 5.53. The van der Waals surface area contributed by atoms with Crippen molar-refractivity contribution in [3.05, 3.63) is 0 Å². The van der Waals surface area contributed by atoms with Crippen molar-refractivity contribution in [2.45, 2.75) is 514 Å². The third-order valence-corrected chi connectivity index (χ3v) is 20.4. The first-order valence-electron chi connectivity index (χ1n) is 42.3. The van der Waals surface area contributed by atoms with E-state index in [-0.39, 0.29) is 18.5 Å². The summed E-state index contributed by atoms with van der Waals surface area (Å²) in [6.07, 6.45) is 101. The lowest BCUT2D eigenvalue weighted by Crippen LogP contribution is -2.45. The SMILES string of the molecule is CCCCCCCCCCCCCCCCCCCCCC(=O)OCCCCCCCCCCCCCCCCCCCCCCCCCCCCCCCCCCCCCCCCCC(=O)NC(CO)C(O)CCCCCCCCCCCCCCCCC. The highest BCUT2D eigenvalue weighted by Gasteiger charge is 2.20. The van der Waals surface area contributed by atoms with Gasteiger partial charge < -0.3 is 20.3 Å². The molecule has 2 atom stereocenters. The van der Waals surface area contributed by atoms with Gasteiger partial charge in [0.25, 0.3) is 0 Å². The molecule has 1 amide bonds. The smallest absolute Gasteiger partial charge is 0.305 e. The topological polar surface area (TPSA) is 95.9 Å². The van der Waals surface area contributed by atoms with Crippen molar-refractivity contribution in [1.29, 1.82) is 0 Å². The highest BCUT2D eigenvalue weighted by atomic mass is 16.5. The summed E-state index contributed by atoms with van der Waals surface area (Å²) in [6, 6.07) is -0.535. The maximum Gasteiger partial charge on any atom is 0.305 e. The molecule has 0 rings (SSSR count). The number of carbonyl (C=O) groups is 2. The van der Waals surface area contributed by atoms with E-state index in [1.54, 1.807) is 0 Å². The maximum absolute atomic E-state index is 12.5. The van der Waals surface area contributed by atoms with Gasteiger partial charge in [-0.05, 0) is 25.7 Å². The summed E-state index contributed by atoms with van der Waals surface area (Å²) in [5.74, 6) is 0.00607. The van der Waals surface area contributed by atoms with Gasteiger partial charge in [0, 0.05) is 12.8 Å². The van der Waals surface area contributed by atoms with Crippen LogP contribution in [0.15, 0.2) is 0 Å². The van der Waals surface area contributed by atoms with Crippen molar-refractivity contribution < 1.29 is 24.5 Å². The minimum absolute atomic E-state index is 0.0244. The number of unbranched alkanes of at least 4 members (excludes halogenated alkanes) is 70. The van der Waals surface area contributed by atoms with E-state index in [4.69, 9.17) is 4.74 Å². The number of rotatable bonds is 81. The zero-order valence-corrected chi connectivity index (χ0v) is 61.9. The summed E-state index contributed by atoms with van der Waals surface area (Å²) in [4.78, 5) is 24.7. The van der Waals surface area contributed by atoms with E-state index in [1.165, 1.54) is 430 Å². The fourth-order valence-electron chi connectivity index (χ4n) is 14.0. The van der Waals surface area contributed by atoms with E-state index in [1.807, 2.05) is 0 Å². The Kier molecular flexibility index (Phi) is 79.3. The van der Waals surface area contributed by atoms with Crippen LogP contribution in [0.4, 0.5) is 0 Å². The Morgan fingerprint density at radius 3 is 0.678 bits per heavy atom. The fourth-order valence-corrected chi connectivity index (χ4v) is 14.0. The van der Waals surface area contributed by atoms with E-state index >= 15 is 0 Å². The van der Waals surface area contributed by atoms with Crippen molar-refractivity contribution in [2.75, 3.05) is 13.2 Å². The number of ether oxygens (including phenoxy) is 1. The van der Waals surface area contributed by atoms with E-state index < -0.39 is 12.1 Å². The standard InChI is InChI=1S/C84H167NO5/c1-3-5-7-9-11-13-15-17-19-20-42-46-50-54-58-62-66-70-74-78-84(89)90-79-75-71-67-63-59-55-51-47-44-41-39-37-35-33-31-29-27-25-23-21-22-24-26-28-30-32-34-36-38-40-43-45-49-53-57-61-65-69-73-77-83(88)85-81(80-86)82(87)76-72-68-64-60-56-52-48-18-16-14-12-10-8-6-4-2/h81-82,86-87H,3-80H2,1-2H3,(H,85,88). The van der Waals surface area contributed by atoms with Crippen LogP contribution in [0.5, 0.6) is 0 Å². The summed E-state index contributed by atoms with van der Waals surface area (Å²) in [6.45, 7) is 5.02. The predicted molar refractivity (Wildman–Crippen MR) is 398 cm³/mol. The molecule has 0 aliphatic rings. The first kappa shape index (κ1) is 88.9. The lowest BCUT2D eigenvalue weighted by Gasteiger charge is -2.22. The van der Waals surface area contributed by atoms with Gasteiger partial charge >= 0.3 is 5.97 Å². The molecule has 0 spiro atoms. The first-order valence-corrected chi connectivity index (χ1v) is 42.3. The fraction of sp³-hybridized carbons (Fsp3) is 0.976. The summed E-state index contributed by atoms with van der Waals surface area (Å²) in [5.41, 5.74) is 0. The molecule has 6 nitrogen and oxygen atoms in total. The van der Waals surface area contributed by atoms with Crippen LogP contribution >= 0.6 is 0 Å². The molecule has 0 saturated carbocycles. The minimum Gasteiger partial charge on any atom is -0.466 e. The van der Waals surface area contributed by atoms with E-state index in [2.05, 4.69) is 19.2 Å². The van der Waals surface area contributed by atoms with Crippen molar-refractivity contribution >= 4 is 11.9 Å². The van der Waals surface area contributed by atoms with Gasteiger partial charge in [0.1, 0.15) is 0 Å². The molecule has 0 aliphatic carbocycles. The molecule has 0 fully saturated rings. The number of aliphatic hydroxyl groups excluding tert-OH is 2. The Morgan fingerprint density at radius 1 is 0.267 bits per heavy atom. The van der Waals surface area contributed by atoms with Gasteiger partial charge in [0.15, 0.2) is 0 Å². The van der Waals surface area contributed by atoms with Gasteiger partial charge in [-0.1, -0.05) is 463 Å². The molecule has 3 N–H and O–H groups in total. The Hall–Kier alpha value is -1.14. The molecule has 90 heavy (non-hydrogen) atoms. The van der Waals surface area contributed by atoms with Crippen LogP contribution in [0.1, 0.15) is 502 Å². The van der Waals surface area contributed by atoms with Crippen LogP contribution in [0, 0.1) is 0 Å². The Labute approximate surface area is 566 Å². The highest BCUT2D eigenvalue weighted by Crippen LogP contribution is 2.21. The summed E-state index contributed by atoms with van der Waals surface area (Å²) in [5, 5.41) is 23.4. The van der Waals surface area contributed by atoms with Crippen molar-refractivity contribution in [2.24, 2.45) is 0 Å². The maximum atomic E-state index is 12.5. The average Bonchev–Trinajstić information content (AvgIpc) is 3.68. The lowest BCUT2D eigenvalue weighted by atomic mass is 10.0. The number of carbonyl (C=O) groups excluding carboxylic acids is 2. The predicted octanol–water partition coefficient (Wildman–Crippen LogP) is 28.1. The Bertz CT molecular complexity index is 1320. The van der Waals surface area contributed by atoms with Gasteiger partial charge in [-0.3, -0.25) is 9.59 Å². The van der Waals surface area contributed by atoms with Crippen LogP contribution in [-0.4, -0.2) is 47.4 Å². The lowest BCUT2D eigenvalue weighted by molar-refractivity contribution is -0.143. The van der Waals surface area contributed by atoms with E-state index in [9.17, 15) is 19.8 Å². The van der Waals surface area contributed by atoms with Crippen LogP contribution in [0.3, 0.4) is 0 Å². The van der Waals surface area contributed by atoms with Crippen molar-refractivity contribution in [3.63, 3.8) is 0 Å². The van der Waals surface area contributed by atoms with Gasteiger partial charge in [-0.15, -0.1) is 0 Å². The van der Waals surface area contributed by atoms with Gasteiger partial charge in [0.05, 0.1) is 25.4 Å². The molecule has 0 saturated heterocycles. The molecular weight excluding hydrogens is 1100 g/mol. The zero-order chi connectivity index (χ0) is 64.9. The van der Waals surface area contributed by atoms with E-state index in [0.29, 0.717) is 25.9 Å². The number of nitrogens with one attached hydrogen (secondary N) is 1. The second kappa shape index (κ2) is 80.3. The van der Waals surface area contributed by atoms with Gasteiger partial charge in [0.2, 0.25) is 5.91 Å².